The third-order valence-corrected chi connectivity index (χ3v) is 4.25. The van der Waals surface area contributed by atoms with Gasteiger partial charge < -0.3 is 15.0 Å². The smallest absolute Gasteiger partial charge is 0.335 e. The lowest BCUT2D eigenvalue weighted by molar-refractivity contribution is 0.0696. The van der Waals surface area contributed by atoms with Crippen molar-refractivity contribution in [1.82, 2.24) is 25.1 Å². The number of nitrogens with one attached hydrogen (secondary N) is 1. The van der Waals surface area contributed by atoms with Crippen LogP contribution in [0.3, 0.4) is 0 Å². The van der Waals surface area contributed by atoms with Crippen LogP contribution in [0.5, 0.6) is 0 Å². The quantitative estimate of drug-likeness (QED) is 0.605. The molecule has 1 aromatic carbocycles. The Balaban J connectivity index is 1.51. The molecule has 0 saturated heterocycles. The molecule has 0 amide bonds. The van der Waals surface area contributed by atoms with Crippen LogP contribution in [0.1, 0.15) is 39.6 Å². The molecule has 0 radical (unpaired) electrons. The van der Waals surface area contributed by atoms with Gasteiger partial charge in [0.2, 0.25) is 0 Å². The summed E-state index contributed by atoms with van der Waals surface area (Å²) in [5, 5.41) is 20.6. The summed E-state index contributed by atoms with van der Waals surface area (Å²) in [6.45, 7) is 3.66. The van der Waals surface area contributed by atoms with E-state index < -0.39 is 5.97 Å². The van der Waals surface area contributed by atoms with Crippen LogP contribution in [-0.2, 0) is 26.1 Å². The predicted molar refractivity (Wildman–Crippen MR) is 101 cm³/mol. The standard InChI is InChI=1S/C20H23N5O2/c1-15-10-17(20(26)27)11-18(23-15)12-21-13-19-24-22-14-25(19)9-5-8-16-6-3-2-4-7-16/h2-4,6-7,10-11,14,21H,5,8-9,12-13H2,1H3,(H,26,27). The van der Waals surface area contributed by atoms with Crippen LogP contribution in [-0.4, -0.2) is 30.8 Å². The molecule has 0 fully saturated rings. The highest BCUT2D eigenvalue weighted by atomic mass is 16.4. The van der Waals surface area contributed by atoms with Gasteiger partial charge in [-0.1, -0.05) is 30.3 Å². The second-order valence-electron chi connectivity index (χ2n) is 6.43. The maximum absolute atomic E-state index is 11.1. The number of pyridine rings is 1. The highest BCUT2D eigenvalue weighted by Crippen LogP contribution is 2.07. The van der Waals surface area contributed by atoms with Crippen molar-refractivity contribution in [2.45, 2.75) is 39.4 Å². The van der Waals surface area contributed by atoms with E-state index in [2.05, 4.69) is 44.8 Å². The molecule has 7 heteroatoms. The molecule has 0 bridgehead atoms. The first-order valence-corrected chi connectivity index (χ1v) is 8.94. The number of carboxylic acids is 1. The average molecular weight is 365 g/mol. The van der Waals surface area contributed by atoms with E-state index in [0.29, 0.717) is 24.5 Å². The van der Waals surface area contributed by atoms with Gasteiger partial charge in [0.15, 0.2) is 0 Å². The second-order valence-corrected chi connectivity index (χ2v) is 6.43. The minimum atomic E-state index is -0.945. The van der Waals surface area contributed by atoms with Gasteiger partial charge in [-0.05, 0) is 37.5 Å². The molecule has 0 spiro atoms. The number of hydrogen-bond acceptors (Lipinski definition) is 5. The van der Waals surface area contributed by atoms with Gasteiger partial charge in [-0.15, -0.1) is 10.2 Å². The Morgan fingerprint density at radius 3 is 2.78 bits per heavy atom. The zero-order valence-electron chi connectivity index (χ0n) is 15.3. The van der Waals surface area contributed by atoms with Gasteiger partial charge in [0.1, 0.15) is 12.2 Å². The van der Waals surface area contributed by atoms with Crippen LogP contribution in [0.4, 0.5) is 0 Å². The Morgan fingerprint density at radius 2 is 2.00 bits per heavy atom. The first kappa shape index (κ1) is 18.7. The van der Waals surface area contributed by atoms with Gasteiger partial charge in [0, 0.05) is 18.8 Å². The molecule has 0 atom stereocenters. The van der Waals surface area contributed by atoms with Gasteiger partial charge in [-0.3, -0.25) is 4.98 Å². The second kappa shape index (κ2) is 9.05. The minimum absolute atomic E-state index is 0.253. The summed E-state index contributed by atoms with van der Waals surface area (Å²) in [5.41, 5.74) is 2.96. The van der Waals surface area contributed by atoms with Gasteiger partial charge in [-0.25, -0.2) is 4.79 Å². The maximum Gasteiger partial charge on any atom is 0.335 e. The lowest BCUT2D eigenvalue weighted by Crippen LogP contribution is -2.18. The summed E-state index contributed by atoms with van der Waals surface area (Å²) in [6, 6.07) is 13.6. The third-order valence-electron chi connectivity index (χ3n) is 4.25. The summed E-state index contributed by atoms with van der Waals surface area (Å²) in [5.74, 6) is -0.0888. The Kier molecular flexibility index (Phi) is 6.27. The SMILES string of the molecule is Cc1cc(C(=O)O)cc(CNCc2nncn2CCCc2ccccc2)n1. The molecule has 0 unspecified atom stereocenters. The number of aromatic nitrogens is 4. The first-order valence-electron chi connectivity index (χ1n) is 8.94. The normalized spacial score (nSPS) is 10.9. The van der Waals surface area contributed by atoms with Crippen molar-refractivity contribution < 1.29 is 9.90 Å². The lowest BCUT2D eigenvalue weighted by atomic mass is 10.1. The van der Waals surface area contributed by atoms with E-state index in [9.17, 15) is 4.79 Å². The Hall–Kier alpha value is -3.06. The highest BCUT2D eigenvalue weighted by Gasteiger charge is 2.08. The monoisotopic (exact) mass is 365 g/mol. The van der Waals surface area contributed by atoms with Crippen LogP contribution < -0.4 is 5.32 Å². The van der Waals surface area contributed by atoms with E-state index >= 15 is 0 Å². The van der Waals surface area contributed by atoms with Gasteiger partial charge in [0.25, 0.3) is 0 Å². The molecule has 2 heterocycles. The van der Waals surface area contributed by atoms with Crippen molar-refractivity contribution in [3.8, 4) is 0 Å². The molecular formula is C20H23N5O2. The Labute approximate surface area is 158 Å². The van der Waals surface area contributed by atoms with E-state index in [1.54, 1.807) is 25.4 Å². The number of carbonyl (C=O) groups is 1. The highest BCUT2D eigenvalue weighted by molar-refractivity contribution is 5.87. The molecule has 7 nitrogen and oxygen atoms in total. The van der Waals surface area contributed by atoms with E-state index in [0.717, 1.165) is 25.2 Å². The van der Waals surface area contributed by atoms with Gasteiger partial charge >= 0.3 is 5.97 Å². The summed E-state index contributed by atoms with van der Waals surface area (Å²) >= 11 is 0. The average Bonchev–Trinajstić information content (AvgIpc) is 3.09. The van der Waals surface area contributed by atoms with Crippen molar-refractivity contribution in [2.75, 3.05) is 0 Å². The van der Waals surface area contributed by atoms with Crippen molar-refractivity contribution >= 4 is 5.97 Å². The summed E-state index contributed by atoms with van der Waals surface area (Å²) in [4.78, 5) is 15.5. The Bertz CT molecular complexity index is 892. The van der Waals surface area contributed by atoms with Crippen LogP contribution in [0.25, 0.3) is 0 Å². The number of benzene rings is 1. The topological polar surface area (TPSA) is 92.9 Å². The number of rotatable bonds is 9. The van der Waals surface area contributed by atoms with Crippen LogP contribution in [0.15, 0.2) is 48.8 Å². The van der Waals surface area contributed by atoms with Crippen molar-refractivity contribution in [1.29, 1.82) is 0 Å². The molecule has 0 aliphatic heterocycles. The van der Waals surface area contributed by atoms with E-state index in [1.165, 1.54) is 5.56 Å². The number of aromatic carboxylic acids is 1. The fourth-order valence-corrected chi connectivity index (χ4v) is 2.95. The van der Waals surface area contributed by atoms with Crippen molar-refractivity contribution in [3.63, 3.8) is 0 Å². The summed E-state index contributed by atoms with van der Waals surface area (Å²) in [7, 11) is 0. The van der Waals surface area contributed by atoms with E-state index in [-0.39, 0.29) is 5.56 Å². The minimum Gasteiger partial charge on any atom is -0.478 e. The lowest BCUT2D eigenvalue weighted by Gasteiger charge is -2.09. The maximum atomic E-state index is 11.1. The fraction of sp³-hybridized carbons (Fsp3) is 0.300. The van der Waals surface area contributed by atoms with E-state index in [1.807, 2.05) is 10.6 Å². The molecule has 3 rings (SSSR count). The van der Waals surface area contributed by atoms with E-state index in [4.69, 9.17) is 5.11 Å². The van der Waals surface area contributed by atoms with Gasteiger partial charge in [-0.2, -0.15) is 0 Å². The number of carboxylic acid groups (broad SMARTS) is 1. The van der Waals surface area contributed by atoms with Crippen LogP contribution >= 0.6 is 0 Å². The molecule has 3 aromatic rings. The fourth-order valence-electron chi connectivity index (χ4n) is 2.95. The zero-order valence-corrected chi connectivity index (χ0v) is 15.3. The first-order chi connectivity index (χ1) is 13.1. The van der Waals surface area contributed by atoms with Crippen LogP contribution in [0, 0.1) is 6.92 Å². The molecular weight excluding hydrogens is 342 g/mol. The molecule has 2 aromatic heterocycles. The van der Waals surface area contributed by atoms with Crippen molar-refractivity contribution in [2.24, 2.45) is 0 Å². The van der Waals surface area contributed by atoms with Crippen molar-refractivity contribution in [3.05, 3.63) is 77.1 Å². The summed E-state index contributed by atoms with van der Waals surface area (Å²) in [6.07, 6.45) is 3.77. The number of hydrogen-bond donors (Lipinski definition) is 2. The summed E-state index contributed by atoms with van der Waals surface area (Å²) < 4.78 is 2.04. The predicted octanol–water partition coefficient (Wildman–Crippen LogP) is 2.60. The molecule has 0 aliphatic carbocycles. The third kappa shape index (κ3) is 5.46. The number of nitrogens with zero attached hydrogens (tertiary/aromatic N) is 4. The zero-order chi connectivity index (χ0) is 19.1. The molecule has 0 aliphatic rings. The Morgan fingerprint density at radius 1 is 1.19 bits per heavy atom. The van der Waals surface area contributed by atoms with Gasteiger partial charge in [0.05, 0.1) is 17.8 Å². The molecule has 0 saturated carbocycles. The molecule has 140 valence electrons. The van der Waals surface area contributed by atoms with Crippen LogP contribution in [0.2, 0.25) is 0 Å². The molecule has 2 N–H and O–H groups in total. The number of aryl methyl sites for hydroxylation is 3. The molecule has 27 heavy (non-hydrogen) atoms. The largest absolute Gasteiger partial charge is 0.478 e.